The highest BCUT2D eigenvalue weighted by molar-refractivity contribution is 8.00. The van der Waals surface area contributed by atoms with Crippen molar-refractivity contribution in [2.45, 2.75) is 62.8 Å². The summed E-state index contributed by atoms with van der Waals surface area (Å²) in [5.74, 6) is 1.09. The van der Waals surface area contributed by atoms with Gasteiger partial charge in [0.25, 0.3) is 0 Å². The van der Waals surface area contributed by atoms with E-state index in [1.54, 1.807) is 0 Å². The Morgan fingerprint density at radius 2 is 1.76 bits per heavy atom. The van der Waals surface area contributed by atoms with E-state index in [9.17, 15) is 9.59 Å². The summed E-state index contributed by atoms with van der Waals surface area (Å²) in [5, 5.41) is 9.37. The number of hydrogen-bond acceptors (Lipinski definition) is 6. The minimum absolute atomic E-state index is 0.0433. The van der Waals surface area contributed by atoms with Crippen LogP contribution >= 0.6 is 11.8 Å². The minimum atomic E-state index is -0.0433. The van der Waals surface area contributed by atoms with Crippen molar-refractivity contribution < 1.29 is 23.8 Å². The van der Waals surface area contributed by atoms with E-state index in [-0.39, 0.29) is 24.0 Å². The highest BCUT2D eigenvalue weighted by atomic mass is 32.2. The van der Waals surface area contributed by atoms with Crippen LogP contribution in [0.4, 0.5) is 4.79 Å². The van der Waals surface area contributed by atoms with Crippen LogP contribution < -0.4 is 16.0 Å². The first kappa shape index (κ1) is 24.2. The lowest BCUT2D eigenvalue weighted by Crippen LogP contribution is -2.36. The summed E-state index contributed by atoms with van der Waals surface area (Å²) in [4.78, 5) is 23.3. The number of nitrogens with one attached hydrogen (secondary N) is 3. The molecule has 29 heavy (non-hydrogen) atoms. The molecule has 0 saturated carbocycles. The quantitative estimate of drug-likeness (QED) is 0.239. The van der Waals surface area contributed by atoms with Crippen LogP contribution in [0.15, 0.2) is 0 Å². The van der Waals surface area contributed by atoms with Crippen molar-refractivity contribution in [3.8, 4) is 0 Å². The molecule has 3 atom stereocenters. The van der Waals surface area contributed by atoms with E-state index < -0.39 is 0 Å². The molecule has 3 amide bonds. The van der Waals surface area contributed by atoms with Crippen LogP contribution in [-0.4, -0.2) is 81.2 Å². The lowest BCUT2D eigenvalue weighted by molar-refractivity contribution is -0.121. The molecule has 2 aliphatic rings. The number of fused-ring (bicyclic) bond motifs is 1. The second-order valence-electron chi connectivity index (χ2n) is 7.41. The van der Waals surface area contributed by atoms with E-state index >= 15 is 0 Å². The van der Waals surface area contributed by atoms with E-state index in [2.05, 4.69) is 22.9 Å². The Balaban J connectivity index is 1.33. The average Bonchev–Trinajstić information content (AvgIpc) is 3.25. The van der Waals surface area contributed by atoms with Crippen molar-refractivity contribution in [3.05, 3.63) is 0 Å². The number of hydrogen-bond donors (Lipinski definition) is 3. The first-order valence-corrected chi connectivity index (χ1v) is 11.9. The fraction of sp³-hybridized carbons (Fsp3) is 0.900. The third-order valence-electron chi connectivity index (χ3n) is 4.96. The molecule has 3 unspecified atom stereocenters. The van der Waals surface area contributed by atoms with Crippen molar-refractivity contribution in [1.29, 1.82) is 0 Å². The lowest BCUT2D eigenvalue weighted by atomic mass is 10.0. The summed E-state index contributed by atoms with van der Waals surface area (Å²) >= 11 is 1.92. The molecule has 2 heterocycles. The van der Waals surface area contributed by atoms with Gasteiger partial charge in [-0.15, -0.1) is 0 Å². The number of amides is 3. The van der Waals surface area contributed by atoms with Crippen molar-refractivity contribution in [2.75, 3.05) is 51.9 Å². The van der Waals surface area contributed by atoms with Gasteiger partial charge in [0.05, 0.1) is 38.5 Å². The topological polar surface area (TPSA) is 97.9 Å². The molecule has 0 aromatic rings. The smallest absolute Gasteiger partial charge is 0.315 e. The molecule has 2 rings (SSSR count). The van der Waals surface area contributed by atoms with E-state index in [0.29, 0.717) is 51.2 Å². The van der Waals surface area contributed by atoms with E-state index in [1.165, 1.54) is 0 Å². The predicted molar refractivity (Wildman–Crippen MR) is 114 cm³/mol. The van der Waals surface area contributed by atoms with Crippen LogP contribution in [0.5, 0.6) is 0 Å². The molecule has 0 aliphatic carbocycles. The Bertz CT molecular complexity index is 483. The number of urea groups is 1. The largest absolute Gasteiger partial charge is 0.379 e. The van der Waals surface area contributed by atoms with Gasteiger partial charge in [-0.2, -0.15) is 11.8 Å². The van der Waals surface area contributed by atoms with Gasteiger partial charge in [-0.1, -0.05) is 13.3 Å². The lowest BCUT2D eigenvalue weighted by Gasteiger charge is -2.16. The number of carbonyl (C=O) groups excluding carboxylic acids is 2. The van der Waals surface area contributed by atoms with E-state index in [0.717, 1.165) is 44.5 Å². The number of carbonyl (C=O) groups is 2. The SMILES string of the molecule is CCCOCCOCCOCCCNC(=O)CCCCC1SCC2NC(=O)NC21. The first-order valence-electron chi connectivity index (χ1n) is 10.9. The zero-order chi connectivity index (χ0) is 20.7. The molecule has 2 fully saturated rings. The van der Waals surface area contributed by atoms with Crippen molar-refractivity contribution in [3.63, 3.8) is 0 Å². The van der Waals surface area contributed by atoms with Crippen LogP contribution in [0, 0.1) is 0 Å². The number of ether oxygens (including phenoxy) is 3. The van der Waals surface area contributed by atoms with Gasteiger partial charge in [-0.05, 0) is 25.7 Å². The summed E-state index contributed by atoms with van der Waals surface area (Å²) in [5.41, 5.74) is 0. The second kappa shape index (κ2) is 14.9. The Kier molecular flexibility index (Phi) is 12.4. The molecule has 2 aliphatic heterocycles. The third-order valence-corrected chi connectivity index (χ3v) is 6.47. The van der Waals surface area contributed by atoms with Crippen LogP contribution in [0.1, 0.15) is 45.4 Å². The summed E-state index contributed by atoms with van der Waals surface area (Å²) < 4.78 is 16.2. The number of unbranched alkanes of at least 4 members (excludes halogenated alkanes) is 1. The first-order chi connectivity index (χ1) is 14.2. The van der Waals surface area contributed by atoms with Gasteiger partial charge in [0.15, 0.2) is 0 Å². The second-order valence-corrected chi connectivity index (χ2v) is 8.68. The van der Waals surface area contributed by atoms with Crippen molar-refractivity contribution in [2.24, 2.45) is 0 Å². The van der Waals surface area contributed by atoms with Crippen molar-refractivity contribution >= 4 is 23.7 Å². The molecular weight excluding hydrogens is 394 g/mol. The number of thioether (sulfide) groups is 1. The molecule has 0 aromatic heterocycles. The maximum atomic E-state index is 11.9. The van der Waals surface area contributed by atoms with Crippen LogP contribution in [0.2, 0.25) is 0 Å². The van der Waals surface area contributed by atoms with E-state index in [4.69, 9.17) is 14.2 Å². The molecule has 2 saturated heterocycles. The Morgan fingerprint density at radius 3 is 2.52 bits per heavy atom. The van der Waals surface area contributed by atoms with Gasteiger partial charge >= 0.3 is 6.03 Å². The zero-order valence-corrected chi connectivity index (χ0v) is 18.4. The fourth-order valence-electron chi connectivity index (χ4n) is 3.45. The molecule has 8 nitrogen and oxygen atoms in total. The predicted octanol–water partition coefficient (Wildman–Crippen LogP) is 1.68. The van der Waals surface area contributed by atoms with Crippen molar-refractivity contribution in [1.82, 2.24) is 16.0 Å². The van der Waals surface area contributed by atoms with Gasteiger partial charge in [0, 0.05) is 37.2 Å². The normalized spacial score (nSPS) is 22.9. The highest BCUT2D eigenvalue weighted by Crippen LogP contribution is 2.33. The Labute approximate surface area is 178 Å². The van der Waals surface area contributed by atoms with Crippen LogP contribution in [0.3, 0.4) is 0 Å². The van der Waals surface area contributed by atoms with Crippen LogP contribution in [0.25, 0.3) is 0 Å². The summed E-state index contributed by atoms with van der Waals surface area (Å²) in [6.45, 7) is 6.50. The Morgan fingerprint density at radius 1 is 1.03 bits per heavy atom. The molecule has 9 heteroatoms. The van der Waals surface area contributed by atoms with Gasteiger partial charge < -0.3 is 30.2 Å². The molecule has 168 valence electrons. The number of rotatable bonds is 17. The monoisotopic (exact) mass is 431 g/mol. The maximum Gasteiger partial charge on any atom is 0.315 e. The molecule has 0 aromatic carbocycles. The van der Waals surface area contributed by atoms with Crippen LogP contribution in [-0.2, 0) is 19.0 Å². The average molecular weight is 432 g/mol. The molecular formula is C20H37N3O5S. The fourth-order valence-corrected chi connectivity index (χ4v) is 4.99. The molecule has 0 bridgehead atoms. The molecule has 0 spiro atoms. The van der Waals surface area contributed by atoms with E-state index in [1.807, 2.05) is 11.8 Å². The van der Waals surface area contributed by atoms with Gasteiger partial charge in [0.1, 0.15) is 0 Å². The molecule has 0 radical (unpaired) electrons. The summed E-state index contributed by atoms with van der Waals surface area (Å²) in [6.07, 6.45) is 5.33. The Hall–Kier alpha value is -1.03. The van der Waals surface area contributed by atoms with Gasteiger partial charge in [0.2, 0.25) is 5.91 Å². The minimum Gasteiger partial charge on any atom is -0.379 e. The summed E-state index contributed by atoms with van der Waals surface area (Å²) in [7, 11) is 0. The zero-order valence-electron chi connectivity index (χ0n) is 17.6. The van der Waals surface area contributed by atoms with Gasteiger partial charge in [-0.25, -0.2) is 4.79 Å². The molecule has 3 N–H and O–H groups in total. The standard InChI is InChI=1S/C20H37N3O5S/c1-2-9-26-11-13-28-14-12-27-10-5-8-21-18(24)7-4-3-6-17-19-16(15-29-17)22-20(25)23-19/h16-17,19H,2-15H2,1H3,(H,21,24)(H2,22,23,25). The third kappa shape index (κ3) is 10.0. The summed E-state index contributed by atoms with van der Waals surface area (Å²) in [6, 6.07) is 0.480. The van der Waals surface area contributed by atoms with Gasteiger partial charge in [-0.3, -0.25) is 4.79 Å². The maximum absolute atomic E-state index is 11.9. The highest BCUT2D eigenvalue weighted by Gasteiger charge is 2.42.